The molecule has 1 aromatic rings. The normalized spacial score (nSPS) is 24.4. The Labute approximate surface area is 184 Å². The summed E-state index contributed by atoms with van der Waals surface area (Å²) in [6.07, 6.45) is 8.82. The van der Waals surface area contributed by atoms with Gasteiger partial charge in [-0.05, 0) is 58.6 Å². The first-order valence-corrected chi connectivity index (χ1v) is 10.2. The van der Waals surface area contributed by atoms with Crippen LogP contribution < -0.4 is 0 Å². The molecule has 2 fully saturated rings. The molecule has 0 amide bonds. The van der Waals surface area contributed by atoms with Gasteiger partial charge < -0.3 is 25.3 Å². The van der Waals surface area contributed by atoms with Crippen molar-refractivity contribution in [2.75, 3.05) is 47.3 Å². The van der Waals surface area contributed by atoms with Crippen molar-refractivity contribution in [2.24, 2.45) is 0 Å². The van der Waals surface area contributed by atoms with Crippen molar-refractivity contribution >= 4 is 0 Å². The molecule has 2 aliphatic rings. The van der Waals surface area contributed by atoms with E-state index in [0.29, 0.717) is 0 Å². The summed E-state index contributed by atoms with van der Waals surface area (Å²) >= 11 is 0. The Balaban J connectivity index is 0.000000404. The second-order valence-corrected chi connectivity index (χ2v) is 7.52. The first kappa shape index (κ1) is 27.6. The maximum absolute atomic E-state index is 9.11. The number of rotatable bonds is 5. The molecular weight excluding hydrogens is 441 g/mol. The number of hydrogen-bond donors (Lipinski definition) is 2. The number of aliphatic hydroxyl groups is 2. The van der Waals surface area contributed by atoms with E-state index in [1.165, 1.54) is 19.5 Å². The minimum absolute atomic E-state index is 0. The van der Waals surface area contributed by atoms with Crippen LogP contribution in [0.25, 0.3) is 5.32 Å². The molecule has 1 aliphatic heterocycles. The third-order valence-corrected chi connectivity index (χ3v) is 5.18. The van der Waals surface area contributed by atoms with Crippen molar-refractivity contribution in [3.8, 4) is 0 Å². The van der Waals surface area contributed by atoms with Crippen molar-refractivity contribution in [3.05, 3.63) is 35.9 Å². The number of likely N-dealkylation sites (N-methyl/N-ethyl adjacent to an activating group) is 3. The van der Waals surface area contributed by atoms with E-state index in [-0.39, 0.29) is 19.5 Å². The topological polar surface area (TPSA) is 73.9 Å². The molecule has 3 rings (SSSR count). The zero-order chi connectivity index (χ0) is 19.9. The molecule has 2 heterocycles. The van der Waals surface area contributed by atoms with Gasteiger partial charge in [-0.2, -0.15) is 7.05 Å². The second-order valence-electron chi connectivity index (χ2n) is 7.52. The summed E-state index contributed by atoms with van der Waals surface area (Å²) in [5.74, 6) is 0. The largest absolute Gasteiger partial charge is 3.00 e. The Morgan fingerprint density at radius 1 is 1.04 bits per heavy atom. The standard InChI is InChI=1S/C9H20N3.C7H14O2.C5H5N.Ru/c1-10-5-7-11(2)8-9-4-6-12(9)3;8-6-4-2-1-3-5-7(6)9;1-2-4-6-5-3-1;/h9H,4-8H2,1-3H3;6-9H,1-5H2;1-5H;/q-1;;;+3. The van der Waals surface area contributed by atoms with Gasteiger partial charge in [-0.25, -0.2) is 0 Å². The molecule has 0 spiro atoms. The number of nitrogens with zero attached hydrogens (tertiary/aromatic N) is 4. The van der Waals surface area contributed by atoms with Crippen LogP contribution in [-0.4, -0.2) is 90.6 Å². The molecule has 1 saturated heterocycles. The molecule has 1 aliphatic carbocycles. The zero-order valence-corrected chi connectivity index (χ0v) is 19.5. The van der Waals surface area contributed by atoms with E-state index >= 15 is 0 Å². The van der Waals surface area contributed by atoms with Gasteiger partial charge in [0, 0.05) is 25.0 Å². The molecule has 3 atom stereocenters. The summed E-state index contributed by atoms with van der Waals surface area (Å²) < 4.78 is 0. The van der Waals surface area contributed by atoms with E-state index in [2.05, 4.69) is 34.2 Å². The van der Waals surface area contributed by atoms with Crippen LogP contribution in [0.3, 0.4) is 0 Å². The van der Waals surface area contributed by atoms with E-state index in [0.717, 1.165) is 51.2 Å². The van der Waals surface area contributed by atoms with E-state index < -0.39 is 12.2 Å². The van der Waals surface area contributed by atoms with Gasteiger partial charge in [-0.15, -0.1) is 6.54 Å². The molecule has 161 valence electrons. The third-order valence-electron chi connectivity index (χ3n) is 5.18. The van der Waals surface area contributed by atoms with Crippen molar-refractivity contribution < 1.29 is 29.7 Å². The maximum Gasteiger partial charge on any atom is 3.00 e. The van der Waals surface area contributed by atoms with Crippen LogP contribution in [0.4, 0.5) is 0 Å². The number of hydrogen-bond acceptors (Lipinski definition) is 5. The molecule has 0 bridgehead atoms. The van der Waals surface area contributed by atoms with Gasteiger partial charge >= 0.3 is 19.5 Å². The Kier molecular flexibility index (Phi) is 17.2. The van der Waals surface area contributed by atoms with Crippen LogP contribution >= 0.6 is 0 Å². The van der Waals surface area contributed by atoms with Crippen LogP contribution in [0.1, 0.15) is 38.5 Å². The molecule has 28 heavy (non-hydrogen) atoms. The minimum Gasteiger partial charge on any atom is -0.664 e. The van der Waals surface area contributed by atoms with Gasteiger partial charge in [0.25, 0.3) is 0 Å². The summed E-state index contributed by atoms with van der Waals surface area (Å²) in [7, 11) is 6.26. The fourth-order valence-corrected chi connectivity index (χ4v) is 3.10. The van der Waals surface area contributed by atoms with Gasteiger partial charge in [0.1, 0.15) is 0 Å². The molecule has 1 saturated carbocycles. The average molecular weight is 481 g/mol. The first-order chi connectivity index (χ1) is 13.0. The minimum atomic E-state index is -0.451. The first-order valence-electron chi connectivity index (χ1n) is 10.2. The molecule has 1 aromatic heterocycles. The van der Waals surface area contributed by atoms with Crippen LogP contribution in [0.15, 0.2) is 30.6 Å². The van der Waals surface area contributed by atoms with Crippen LogP contribution in [0.5, 0.6) is 0 Å². The van der Waals surface area contributed by atoms with Crippen molar-refractivity contribution in [1.29, 1.82) is 0 Å². The number of likely N-dealkylation sites (tertiary alicyclic amines) is 1. The molecule has 6 nitrogen and oxygen atoms in total. The monoisotopic (exact) mass is 481 g/mol. The summed E-state index contributed by atoms with van der Waals surface area (Å²) in [5.41, 5.74) is 0. The predicted molar refractivity (Wildman–Crippen MR) is 112 cm³/mol. The Morgan fingerprint density at radius 3 is 2.00 bits per heavy atom. The zero-order valence-electron chi connectivity index (χ0n) is 17.7. The summed E-state index contributed by atoms with van der Waals surface area (Å²) in [5, 5.41) is 22.3. The van der Waals surface area contributed by atoms with Gasteiger partial charge in [0.15, 0.2) is 0 Å². The predicted octanol–water partition coefficient (Wildman–Crippen LogP) is 2.38. The maximum atomic E-state index is 9.11. The fraction of sp³-hybridized carbons (Fsp3) is 0.762. The van der Waals surface area contributed by atoms with Crippen molar-refractivity contribution in [1.82, 2.24) is 14.8 Å². The molecule has 7 heteroatoms. The quantitative estimate of drug-likeness (QED) is 0.500. The average Bonchev–Trinajstić information content (AvgIpc) is 2.89. The smallest absolute Gasteiger partial charge is 0.664 e. The Bertz CT molecular complexity index is 419. The van der Waals surface area contributed by atoms with Gasteiger partial charge in [0.2, 0.25) is 0 Å². The molecule has 1 radical (unpaired) electrons. The van der Waals surface area contributed by atoms with Crippen molar-refractivity contribution in [3.63, 3.8) is 0 Å². The molecular formula is C21H39N4O2Ru+2. The number of aromatic nitrogens is 1. The molecule has 2 N–H and O–H groups in total. The summed E-state index contributed by atoms with van der Waals surface area (Å²) in [4.78, 5) is 8.57. The van der Waals surface area contributed by atoms with Crippen LogP contribution in [0.2, 0.25) is 0 Å². The van der Waals surface area contributed by atoms with E-state index in [1.54, 1.807) is 12.4 Å². The van der Waals surface area contributed by atoms with Gasteiger partial charge in [-0.1, -0.05) is 25.3 Å². The van der Waals surface area contributed by atoms with E-state index in [4.69, 9.17) is 10.2 Å². The van der Waals surface area contributed by atoms with E-state index in [1.807, 2.05) is 25.2 Å². The van der Waals surface area contributed by atoms with Crippen LogP contribution in [-0.2, 0) is 19.5 Å². The molecule has 3 unspecified atom stereocenters. The summed E-state index contributed by atoms with van der Waals surface area (Å²) in [6, 6.07) is 6.51. The summed E-state index contributed by atoms with van der Waals surface area (Å²) in [6.45, 7) is 4.54. The van der Waals surface area contributed by atoms with Gasteiger partial charge in [0.05, 0.1) is 12.2 Å². The van der Waals surface area contributed by atoms with Crippen molar-refractivity contribution in [2.45, 2.75) is 56.8 Å². The third kappa shape index (κ3) is 12.9. The van der Waals surface area contributed by atoms with Crippen LogP contribution in [0, 0.1) is 0 Å². The number of aliphatic hydroxyl groups excluding tert-OH is 2. The second kappa shape index (κ2) is 17.4. The van der Waals surface area contributed by atoms with E-state index in [9.17, 15) is 0 Å². The Hall–Kier alpha value is -0.427. The number of pyridine rings is 1. The fourth-order valence-electron chi connectivity index (χ4n) is 3.10. The SMILES string of the molecule is C[N-]CCN(C)CC1CCN1C.OC1CCCCCC1O.[Ru+3].c1ccncc1. The molecule has 0 aromatic carbocycles. The Morgan fingerprint density at radius 2 is 1.64 bits per heavy atom. The van der Waals surface area contributed by atoms with Gasteiger partial charge in [-0.3, -0.25) is 4.98 Å².